The molecule has 4 aromatic carbocycles. The van der Waals surface area contributed by atoms with Crippen molar-refractivity contribution in [3.8, 4) is 17.4 Å². The van der Waals surface area contributed by atoms with Gasteiger partial charge < -0.3 is 49.7 Å². The quantitative estimate of drug-likeness (QED) is 0.0468. The Labute approximate surface area is 483 Å². The van der Waals surface area contributed by atoms with E-state index in [1.54, 1.807) is 25.6 Å². The maximum absolute atomic E-state index is 12.9. The lowest BCUT2D eigenvalue weighted by atomic mass is 9.78. The van der Waals surface area contributed by atoms with Crippen LogP contribution in [0.2, 0.25) is 0 Å². The zero-order valence-corrected chi connectivity index (χ0v) is 46.8. The molecule has 12 rings (SSSR count). The van der Waals surface area contributed by atoms with Gasteiger partial charge in [0.05, 0.1) is 65.0 Å². The molecular weight excluding hydrogens is 1040 g/mol. The van der Waals surface area contributed by atoms with Crippen LogP contribution in [0.15, 0.2) is 147 Å². The molecule has 0 spiro atoms. The van der Waals surface area contributed by atoms with Crippen molar-refractivity contribution < 1.29 is 23.9 Å². The number of para-hydroxylation sites is 2. The van der Waals surface area contributed by atoms with Crippen LogP contribution in [-0.2, 0) is 14.3 Å². The number of aldehydes is 1. The van der Waals surface area contributed by atoms with Crippen LogP contribution in [0.25, 0.3) is 33.4 Å². The number of carbonyl (C=O) groups excluding carboxylic acids is 3. The van der Waals surface area contributed by atoms with E-state index in [4.69, 9.17) is 19.4 Å². The van der Waals surface area contributed by atoms with Gasteiger partial charge >= 0.3 is 0 Å². The molecule has 1 unspecified atom stereocenters. The number of hydrogen-bond donors (Lipinski definition) is 4. The number of rotatable bonds is 18. The van der Waals surface area contributed by atoms with Gasteiger partial charge in [0.1, 0.15) is 17.4 Å². The Morgan fingerprint density at radius 1 is 0.651 bits per heavy atom. The second-order valence-electron chi connectivity index (χ2n) is 21.9. The highest BCUT2D eigenvalue weighted by atomic mass is 16.5. The molecule has 1 saturated carbocycles. The van der Waals surface area contributed by atoms with Crippen molar-refractivity contribution in [2.24, 2.45) is 11.8 Å². The second kappa shape index (κ2) is 24.7. The number of ether oxygens (including phenoxy) is 2. The molecule has 4 N–H and O–H groups in total. The first-order chi connectivity index (χ1) is 40.7. The largest absolute Gasteiger partial charge is 0.494 e. The first-order valence-electron chi connectivity index (χ1n) is 28.8. The number of anilines is 8. The average molecular weight is 1120 g/mol. The molecule has 19 nitrogen and oxygen atoms in total. The van der Waals surface area contributed by atoms with E-state index >= 15 is 0 Å². The number of nitrogens with one attached hydrogen (secondary N) is 4. The minimum Gasteiger partial charge on any atom is -0.494 e. The number of amides is 2. The summed E-state index contributed by atoms with van der Waals surface area (Å²) < 4.78 is 16.6. The van der Waals surface area contributed by atoms with E-state index in [1.807, 2.05) is 88.3 Å². The Morgan fingerprint density at radius 2 is 1.22 bits per heavy atom. The Balaban J connectivity index is 0.633. The molecule has 2 amide bonds. The fraction of sp³-hybridized carbons (Fsp3) is 0.328. The van der Waals surface area contributed by atoms with Crippen molar-refractivity contribution in [3.05, 3.63) is 153 Å². The van der Waals surface area contributed by atoms with Crippen molar-refractivity contribution in [3.63, 3.8) is 0 Å². The van der Waals surface area contributed by atoms with Crippen LogP contribution in [0.4, 0.5) is 46.0 Å². The highest BCUT2D eigenvalue weighted by Crippen LogP contribution is 2.41. The molecule has 4 aromatic heterocycles. The summed E-state index contributed by atoms with van der Waals surface area (Å²) in [4.78, 5) is 66.9. The van der Waals surface area contributed by atoms with E-state index in [0.717, 1.165) is 136 Å². The van der Waals surface area contributed by atoms with Crippen molar-refractivity contribution >= 4 is 85.9 Å². The number of morpholine rings is 1. The lowest BCUT2D eigenvalue weighted by molar-refractivity contribution is -0.112. The van der Waals surface area contributed by atoms with E-state index in [0.29, 0.717) is 69.7 Å². The summed E-state index contributed by atoms with van der Waals surface area (Å²) in [5.41, 5.74) is 6.51. The minimum atomic E-state index is -0.339. The molecule has 0 bridgehead atoms. The van der Waals surface area contributed by atoms with E-state index in [1.165, 1.54) is 25.0 Å². The van der Waals surface area contributed by atoms with Crippen LogP contribution in [0, 0.1) is 11.8 Å². The highest BCUT2D eigenvalue weighted by Gasteiger charge is 2.36. The Kier molecular flexibility index (Phi) is 16.2. The molecule has 426 valence electrons. The van der Waals surface area contributed by atoms with Gasteiger partial charge in [0, 0.05) is 101 Å². The van der Waals surface area contributed by atoms with Crippen molar-refractivity contribution in [1.29, 1.82) is 0 Å². The van der Waals surface area contributed by atoms with Gasteiger partial charge in [-0.3, -0.25) is 24.2 Å². The molecule has 8 aromatic rings. The number of piperidine rings is 1. The van der Waals surface area contributed by atoms with Crippen LogP contribution < -0.4 is 35.8 Å². The van der Waals surface area contributed by atoms with E-state index in [9.17, 15) is 14.4 Å². The van der Waals surface area contributed by atoms with E-state index in [-0.39, 0.29) is 17.9 Å². The third-order valence-electron chi connectivity index (χ3n) is 17.1. The van der Waals surface area contributed by atoms with Gasteiger partial charge in [-0.05, 0) is 128 Å². The topological polar surface area (TPSA) is 192 Å². The molecular formula is C64H70N14O5. The predicted molar refractivity (Wildman–Crippen MR) is 327 cm³/mol. The molecule has 1 aliphatic carbocycles. The third kappa shape index (κ3) is 12.0. The normalized spacial score (nSPS) is 19.1. The number of aromatic nitrogens is 6. The Bertz CT molecular complexity index is 3670. The van der Waals surface area contributed by atoms with Gasteiger partial charge in [0.2, 0.25) is 23.7 Å². The summed E-state index contributed by atoms with van der Waals surface area (Å²) in [6, 6.07) is 32.0. The van der Waals surface area contributed by atoms with Gasteiger partial charge in [-0.15, -0.1) is 0 Å². The zero-order chi connectivity index (χ0) is 56.8. The number of piperazine rings is 1. The van der Waals surface area contributed by atoms with Gasteiger partial charge in [-0.25, -0.2) is 9.97 Å². The predicted octanol–water partition coefficient (Wildman–Crippen LogP) is 10.0. The molecule has 0 radical (unpaired) electrons. The van der Waals surface area contributed by atoms with Crippen LogP contribution in [0.3, 0.4) is 0 Å². The number of benzene rings is 4. The lowest BCUT2D eigenvalue weighted by Crippen LogP contribution is -2.53. The number of fused-ring (bicyclic) bond motifs is 2. The van der Waals surface area contributed by atoms with Gasteiger partial charge in [0.15, 0.2) is 6.29 Å². The number of carbonyl (C=O) groups is 3. The molecule has 3 saturated heterocycles. The van der Waals surface area contributed by atoms with Crippen molar-refractivity contribution in [2.45, 2.75) is 50.7 Å². The minimum absolute atomic E-state index is 0.223. The van der Waals surface area contributed by atoms with Crippen LogP contribution in [-0.4, -0.2) is 142 Å². The molecule has 1 atom stereocenters. The summed E-state index contributed by atoms with van der Waals surface area (Å²) in [6.07, 6.45) is 17.6. The molecule has 3 aliphatic heterocycles. The summed E-state index contributed by atoms with van der Waals surface area (Å²) in [6.45, 7) is 16.0. The maximum Gasteiger partial charge on any atom is 0.247 e. The number of hydrogen-bond acceptors (Lipinski definition) is 15. The molecule has 4 fully saturated rings. The van der Waals surface area contributed by atoms with Gasteiger partial charge in [-0.2, -0.15) is 9.97 Å². The summed E-state index contributed by atoms with van der Waals surface area (Å²) in [5.74, 6) is 3.24. The van der Waals surface area contributed by atoms with Crippen LogP contribution in [0.1, 0.15) is 48.9 Å². The highest BCUT2D eigenvalue weighted by molar-refractivity contribution is 6.04. The first-order valence-corrected chi connectivity index (χ1v) is 28.8. The van der Waals surface area contributed by atoms with Crippen LogP contribution >= 0.6 is 0 Å². The monoisotopic (exact) mass is 1110 g/mol. The summed E-state index contributed by atoms with van der Waals surface area (Å²) in [7, 11) is 1.65. The third-order valence-corrected chi connectivity index (χ3v) is 17.1. The van der Waals surface area contributed by atoms with Gasteiger partial charge in [0.25, 0.3) is 0 Å². The standard InChI is InChI=1S/C64H70N14O5/c1-4-61(80)67-50-37-49(69-63-65-24-18-59(71-63)77-28-20-44-10-6-8-12-53(44)77)47(42-79)36-55(50)75-32-30-73(31-33-75)40-43-14-16-46(17-15-43)58-41-76(34-35-83-58)48-22-26-74(27-23-48)56-39-57(82-3)52(38-51(56)68-62(81)5-2)70-64-66-25-19-60(72-64)78-29-21-45-11-7-9-13-54(45)78/h4-13,18-21,24-25,28-29,36-39,42-43,46,48,58H,1-2,14-17,22-23,26-27,30-35,40-41H2,3H3,(H,67,80)(H,68,81)(H,65,69,71)(H,66,70,72). The molecule has 4 aliphatic rings. The number of methoxy groups -OCH3 is 1. The van der Waals surface area contributed by atoms with E-state index < -0.39 is 0 Å². The molecule has 7 heterocycles. The Hall–Kier alpha value is -8.91. The molecule has 83 heavy (non-hydrogen) atoms. The van der Waals surface area contributed by atoms with Crippen LogP contribution in [0.5, 0.6) is 5.75 Å². The fourth-order valence-electron chi connectivity index (χ4n) is 12.7. The van der Waals surface area contributed by atoms with E-state index in [2.05, 4.69) is 88.3 Å². The second-order valence-corrected chi connectivity index (χ2v) is 21.9. The molecule has 19 heteroatoms. The maximum atomic E-state index is 12.9. The Morgan fingerprint density at radius 3 is 1.81 bits per heavy atom. The van der Waals surface area contributed by atoms with Crippen molar-refractivity contribution in [2.75, 3.05) is 104 Å². The van der Waals surface area contributed by atoms with Gasteiger partial charge in [-0.1, -0.05) is 49.6 Å². The SMILES string of the molecule is C=CC(=O)Nc1cc(Nc2nccc(-n3ccc4ccccc43)n2)c(OC)cc1N1CCC(N2CCOC(C3CCC(CN4CCN(c5cc(C=O)c(Nc6nccc(-n7ccc8ccccc87)n6)cc5NC(=O)C=C)CC4)CC3)C2)CC1. The summed E-state index contributed by atoms with van der Waals surface area (Å²) >= 11 is 0. The summed E-state index contributed by atoms with van der Waals surface area (Å²) in [5, 5.41) is 14.9. The lowest BCUT2D eigenvalue weighted by Gasteiger charge is -2.45. The fourth-order valence-corrected chi connectivity index (χ4v) is 12.7. The average Bonchev–Trinajstić information content (AvgIpc) is 4.28. The van der Waals surface area contributed by atoms with Crippen molar-refractivity contribution in [1.82, 2.24) is 38.9 Å². The first kappa shape index (κ1) is 54.7. The smallest absolute Gasteiger partial charge is 0.247 e. The number of nitrogens with zero attached hydrogens (tertiary/aromatic N) is 10. The zero-order valence-electron chi connectivity index (χ0n) is 46.8.